The van der Waals surface area contributed by atoms with E-state index >= 15 is 0 Å². The first-order valence-corrected chi connectivity index (χ1v) is 8.18. The predicted molar refractivity (Wildman–Crippen MR) is 81.1 cm³/mol. The number of morpholine rings is 1. The third kappa shape index (κ3) is 3.41. The van der Waals surface area contributed by atoms with Crippen molar-refractivity contribution >= 4 is 22.9 Å². The van der Waals surface area contributed by atoms with Gasteiger partial charge in [0.2, 0.25) is 5.91 Å². The molecule has 5 nitrogen and oxygen atoms in total. The zero-order valence-electron chi connectivity index (χ0n) is 12.0. The molecule has 2 aliphatic heterocycles. The molecule has 0 spiro atoms. The van der Waals surface area contributed by atoms with Crippen molar-refractivity contribution in [1.82, 2.24) is 9.80 Å². The Morgan fingerprint density at radius 2 is 2.09 bits per heavy atom. The Morgan fingerprint density at radius 3 is 2.77 bits per heavy atom. The number of thioether (sulfide) groups is 1. The van der Waals surface area contributed by atoms with Crippen LogP contribution in [0.1, 0.15) is 11.7 Å². The zero-order chi connectivity index (χ0) is 15.5. The first-order valence-electron chi connectivity index (χ1n) is 7.20. The molecule has 0 N–H and O–H groups in total. The number of carbonyl (C=O) groups is 2. The van der Waals surface area contributed by atoms with Crippen molar-refractivity contribution in [3.63, 3.8) is 0 Å². The Morgan fingerprint density at radius 1 is 1.32 bits per heavy atom. The lowest BCUT2D eigenvalue weighted by Crippen LogP contribution is -2.46. The van der Waals surface area contributed by atoms with E-state index in [2.05, 4.69) is 0 Å². The largest absolute Gasteiger partial charge is 0.370 e. The molecule has 0 radical (unpaired) electrons. The van der Waals surface area contributed by atoms with Crippen LogP contribution in [0.25, 0.3) is 0 Å². The van der Waals surface area contributed by atoms with Crippen LogP contribution in [0.3, 0.4) is 0 Å². The monoisotopic (exact) mass is 324 g/mol. The molecule has 2 fully saturated rings. The molecular weight excluding hydrogens is 307 g/mol. The van der Waals surface area contributed by atoms with Crippen LogP contribution in [0.2, 0.25) is 0 Å². The van der Waals surface area contributed by atoms with E-state index in [1.165, 1.54) is 23.9 Å². The SMILES string of the molecule is O=C(CN1CCSC1=O)N1CCOC(c2ccc(F)cc2)C1. The Balaban J connectivity index is 1.61. The van der Waals surface area contributed by atoms with E-state index in [0.29, 0.717) is 26.2 Å². The van der Waals surface area contributed by atoms with Crippen molar-refractivity contribution in [2.75, 3.05) is 38.5 Å². The Labute approximate surface area is 132 Å². The second kappa shape index (κ2) is 6.66. The van der Waals surface area contributed by atoms with E-state index in [9.17, 15) is 14.0 Å². The summed E-state index contributed by atoms with van der Waals surface area (Å²) in [6, 6.07) is 6.13. The van der Waals surface area contributed by atoms with Gasteiger partial charge >= 0.3 is 0 Å². The van der Waals surface area contributed by atoms with Crippen molar-refractivity contribution in [2.45, 2.75) is 6.10 Å². The molecule has 1 aromatic carbocycles. The van der Waals surface area contributed by atoms with Gasteiger partial charge < -0.3 is 14.5 Å². The topological polar surface area (TPSA) is 49.9 Å². The second-order valence-corrected chi connectivity index (χ2v) is 6.33. The zero-order valence-corrected chi connectivity index (χ0v) is 12.9. The van der Waals surface area contributed by atoms with Gasteiger partial charge in [0.05, 0.1) is 13.2 Å². The molecule has 22 heavy (non-hydrogen) atoms. The van der Waals surface area contributed by atoms with Gasteiger partial charge in [-0.1, -0.05) is 23.9 Å². The van der Waals surface area contributed by atoms with Gasteiger partial charge in [0.15, 0.2) is 0 Å². The summed E-state index contributed by atoms with van der Waals surface area (Å²) in [6.07, 6.45) is -0.248. The molecule has 3 rings (SSSR count). The minimum atomic E-state index is -0.294. The maximum atomic E-state index is 13.0. The Hall–Kier alpha value is -1.60. The summed E-state index contributed by atoms with van der Waals surface area (Å²) in [5.74, 6) is 0.386. The molecule has 118 valence electrons. The van der Waals surface area contributed by atoms with Crippen LogP contribution < -0.4 is 0 Å². The van der Waals surface area contributed by atoms with Crippen LogP contribution in [0, 0.1) is 5.82 Å². The molecule has 0 bridgehead atoms. The van der Waals surface area contributed by atoms with E-state index in [1.807, 2.05) is 0 Å². The quantitative estimate of drug-likeness (QED) is 0.852. The number of ether oxygens (including phenoxy) is 1. The highest BCUT2D eigenvalue weighted by Crippen LogP contribution is 2.23. The number of halogens is 1. The number of hydrogen-bond acceptors (Lipinski definition) is 4. The van der Waals surface area contributed by atoms with Crippen LogP contribution in [0.15, 0.2) is 24.3 Å². The molecule has 7 heteroatoms. The summed E-state index contributed by atoms with van der Waals surface area (Å²) in [5.41, 5.74) is 0.853. The van der Waals surface area contributed by atoms with E-state index in [0.717, 1.165) is 11.3 Å². The average Bonchev–Trinajstić information content (AvgIpc) is 2.93. The number of benzene rings is 1. The molecule has 1 unspecified atom stereocenters. The highest BCUT2D eigenvalue weighted by molar-refractivity contribution is 8.13. The smallest absolute Gasteiger partial charge is 0.282 e. The number of amides is 2. The highest BCUT2D eigenvalue weighted by atomic mass is 32.2. The van der Waals surface area contributed by atoms with E-state index < -0.39 is 0 Å². The van der Waals surface area contributed by atoms with Crippen LogP contribution in [-0.2, 0) is 9.53 Å². The molecule has 2 heterocycles. The van der Waals surface area contributed by atoms with E-state index in [4.69, 9.17) is 4.74 Å². The van der Waals surface area contributed by atoms with E-state index in [-0.39, 0.29) is 29.6 Å². The molecule has 1 atom stereocenters. The predicted octanol–water partition coefficient (Wildman–Crippen LogP) is 1.89. The third-order valence-electron chi connectivity index (χ3n) is 3.83. The summed E-state index contributed by atoms with van der Waals surface area (Å²) in [7, 11) is 0. The maximum absolute atomic E-state index is 13.0. The summed E-state index contributed by atoms with van der Waals surface area (Å²) < 4.78 is 18.7. The summed E-state index contributed by atoms with van der Waals surface area (Å²) in [6.45, 7) is 2.14. The average molecular weight is 324 g/mol. The number of hydrogen-bond donors (Lipinski definition) is 0. The minimum Gasteiger partial charge on any atom is -0.370 e. The Kier molecular flexibility index (Phi) is 4.63. The van der Waals surface area contributed by atoms with Gasteiger partial charge in [-0.3, -0.25) is 9.59 Å². The molecule has 0 aromatic heterocycles. The molecule has 0 saturated carbocycles. The number of nitrogens with zero attached hydrogens (tertiary/aromatic N) is 2. The van der Waals surface area contributed by atoms with Crippen LogP contribution in [0.5, 0.6) is 0 Å². The normalized spacial score (nSPS) is 22.2. The molecule has 0 aliphatic carbocycles. The van der Waals surface area contributed by atoms with Crippen molar-refractivity contribution in [3.05, 3.63) is 35.6 Å². The molecule has 1 aromatic rings. The van der Waals surface area contributed by atoms with Gasteiger partial charge in [-0.15, -0.1) is 0 Å². The fraction of sp³-hybridized carbons (Fsp3) is 0.467. The number of rotatable bonds is 3. The van der Waals surface area contributed by atoms with Crippen molar-refractivity contribution in [3.8, 4) is 0 Å². The lowest BCUT2D eigenvalue weighted by atomic mass is 10.1. The van der Waals surface area contributed by atoms with Crippen LogP contribution in [0.4, 0.5) is 9.18 Å². The van der Waals surface area contributed by atoms with Gasteiger partial charge in [0.25, 0.3) is 5.24 Å². The molecular formula is C15H17FN2O3S. The van der Waals surface area contributed by atoms with Crippen LogP contribution in [-0.4, -0.2) is 59.5 Å². The summed E-state index contributed by atoms with van der Waals surface area (Å²) in [4.78, 5) is 27.2. The lowest BCUT2D eigenvalue weighted by molar-refractivity contribution is -0.139. The van der Waals surface area contributed by atoms with Gasteiger partial charge in [-0.25, -0.2) is 4.39 Å². The standard InChI is InChI=1S/C15H17FN2O3S/c16-12-3-1-11(2-4-12)13-9-17(5-7-21-13)14(19)10-18-6-8-22-15(18)20/h1-4,13H,5-10H2. The summed E-state index contributed by atoms with van der Waals surface area (Å²) >= 11 is 1.25. The summed E-state index contributed by atoms with van der Waals surface area (Å²) in [5, 5.41) is -0.0308. The first kappa shape index (κ1) is 15.3. The van der Waals surface area contributed by atoms with Crippen LogP contribution >= 0.6 is 11.8 Å². The second-order valence-electron chi connectivity index (χ2n) is 5.29. The Bertz CT molecular complexity index is 566. The van der Waals surface area contributed by atoms with Gasteiger partial charge in [0.1, 0.15) is 18.5 Å². The van der Waals surface area contributed by atoms with Gasteiger partial charge in [-0.05, 0) is 17.7 Å². The fourth-order valence-electron chi connectivity index (χ4n) is 2.59. The highest BCUT2D eigenvalue weighted by Gasteiger charge is 2.29. The molecule has 2 aliphatic rings. The minimum absolute atomic E-state index is 0.0308. The third-order valence-corrected chi connectivity index (χ3v) is 4.72. The van der Waals surface area contributed by atoms with Gasteiger partial charge in [0, 0.05) is 18.8 Å². The molecule has 2 saturated heterocycles. The fourth-order valence-corrected chi connectivity index (χ4v) is 3.41. The lowest BCUT2D eigenvalue weighted by Gasteiger charge is -2.34. The van der Waals surface area contributed by atoms with Crippen molar-refractivity contribution < 1.29 is 18.7 Å². The van der Waals surface area contributed by atoms with Crippen molar-refractivity contribution in [1.29, 1.82) is 0 Å². The molecule has 2 amide bonds. The van der Waals surface area contributed by atoms with Gasteiger partial charge in [-0.2, -0.15) is 0 Å². The maximum Gasteiger partial charge on any atom is 0.282 e. The van der Waals surface area contributed by atoms with Crippen molar-refractivity contribution in [2.24, 2.45) is 0 Å². The van der Waals surface area contributed by atoms with E-state index in [1.54, 1.807) is 21.9 Å². The first-order chi connectivity index (χ1) is 10.6. The number of carbonyl (C=O) groups excluding carboxylic acids is 2.